The minimum atomic E-state index is 0.841. The molecule has 1 heteroatoms. The minimum absolute atomic E-state index is 0.841. The van der Waals surface area contributed by atoms with Crippen molar-refractivity contribution in [3.8, 4) is 0 Å². The number of hydrogen-bond donors (Lipinski definition) is 0. The Morgan fingerprint density at radius 2 is 2.22 bits per heavy atom. The first-order valence-electron chi connectivity index (χ1n) is 3.94. The van der Waals surface area contributed by atoms with Crippen LogP contribution in [0.5, 0.6) is 0 Å². The normalized spacial score (nSPS) is 28.7. The summed E-state index contributed by atoms with van der Waals surface area (Å²) >= 11 is 0. The minimum Gasteiger partial charge on any atom is -0.300 e. The maximum Gasteiger partial charge on any atom is 0.00792 e. The molecule has 0 aromatic carbocycles. The van der Waals surface area contributed by atoms with Gasteiger partial charge in [-0.1, -0.05) is 13.8 Å². The van der Waals surface area contributed by atoms with Crippen molar-refractivity contribution in [2.45, 2.75) is 33.2 Å². The van der Waals surface area contributed by atoms with Crippen molar-refractivity contribution in [2.24, 2.45) is 5.92 Å². The van der Waals surface area contributed by atoms with Crippen molar-refractivity contribution in [2.75, 3.05) is 13.1 Å². The van der Waals surface area contributed by atoms with Crippen molar-refractivity contribution in [1.82, 2.24) is 4.90 Å². The van der Waals surface area contributed by atoms with Gasteiger partial charge in [0.05, 0.1) is 0 Å². The third-order valence-electron chi connectivity index (χ3n) is 2.06. The van der Waals surface area contributed by atoms with Crippen LogP contribution < -0.4 is 0 Å². The average Bonchev–Trinajstić information content (AvgIpc) is 1.79. The lowest BCUT2D eigenvalue weighted by atomic mass is 10.0. The Kier molecular flexibility index (Phi) is 2.12. The van der Waals surface area contributed by atoms with Gasteiger partial charge in [0.2, 0.25) is 0 Å². The molecule has 1 aliphatic heterocycles. The van der Waals surface area contributed by atoms with Crippen molar-refractivity contribution < 1.29 is 0 Å². The lowest BCUT2D eigenvalue weighted by molar-refractivity contribution is 0.0900. The zero-order valence-electron chi connectivity index (χ0n) is 6.72. The first-order valence-corrected chi connectivity index (χ1v) is 3.94. The predicted molar refractivity (Wildman–Crippen MR) is 40.5 cm³/mol. The standard InChI is InChI=1S/C8H17N/c1-7(2)6-9-5-4-8(9)3/h7-8H,4-6H2,1-3H3/t8-/m0/s1. The molecule has 0 aliphatic carbocycles. The van der Waals surface area contributed by atoms with E-state index in [1.165, 1.54) is 19.5 Å². The summed E-state index contributed by atoms with van der Waals surface area (Å²) in [7, 11) is 0. The van der Waals surface area contributed by atoms with Crippen LogP contribution in [-0.4, -0.2) is 24.0 Å². The summed E-state index contributed by atoms with van der Waals surface area (Å²) in [5.74, 6) is 0.841. The molecule has 1 nitrogen and oxygen atoms in total. The smallest absolute Gasteiger partial charge is 0.00792 e. The zero-order valence-corrected chi connectivity index (χ0v) is 6.72. The van der Waals surface area contributed by atoms with Gasteiger partial charge >= 0.3 is 0 Å². The third kappa shape index (κ3) is 1.68. The van der Waals surface area contributed by atoms with Crippen LogP contribution in [0, 0.1) is 5.92 Å². The highest BCUT2D eigenvalue weighted by Crippen LogP contribution is 2.17. The van der Waals surface area contributed by atoms with E-state index in [0.29, 0.717) is 0 Å². The van der Waals surface area contributed by atoms with E-state index in [0.717, 1.165) is 12.0 Å². The van der Waals surface area contributed by atoms with E-state index in [1.54, 1.807) is 0 Å². The summed E-state index contributed by atoms with van der Waals surface area (Å²) in [5.41, 5.74) is 0. The molecule has 54 valence electrons. The maximum absolute atomic E-state index is 2.55. The number of hydrogen-bond acceptors (Lipinski definition) is 1. The van der Waals surface area contributed by atoms with Gasteiger partial charge < -0.3 is 4.90 Å². The molecule has 1 atom stereocenters. The van der Waals surface area contributed by atoms with E-state index in [1.807, 2.05) is 0 Å². The number of nitrogens with zero attached hydrogens (tertiary/aromatic N) is 1. The fourth-order valence-electron chi connectivity index (χ4n) is 1.31. The molecular formula is C8H17N. The molecule has 9 heavy (non-hydrogen) atoms. The Bertz CT molecular complexity index is 88.6. The largest absolute Gasteiger partial charge is 0.300 e. The summed E-state index contributed by atoms with van der Waals surface area (Å²) in [6.45, 7) is 9.50. The molecule has 1 saturated heterocycles. The fourth-order valence-corrected chi connectivity index (χ4v) is 1.31. The van der Waals surface area contributed by atoms with E-state index in [-0.39, 0.29) is 0 Å². The van der Waals surface area contributed by atoms with Gasteiger partial charge in [-0.25, -0.2) is 0 Å². The number of rotatable bonds is 2. The molecule has 1 rings (SSSR count). The molecule has 0 radical (unpaired) electrons. The van der Waals surface area contributed by atoms with Gasteiger partial charge in [0.1, 0.15) is 0 Å². The van der Waals surface area contributed by atoms with Crippen molar-refractivity contribution in [3.63, 3.8) is 0 Å². The molecule has 0 bridgehead atoms. The van der Waals surface area contributed by atoms with Gasteiger partial charge in [-0.05, 0) is 25.8 Å². The Hall–Kier alpha value is -0.0400. The molecule has 0 saturated carbocycles. The molecule has 1 fully saturated rings. The van der Waals surface area contributed by atoms with Gasteiger partial charge in [0.25, 0.3) is 0 Å². The Morgan fingerprint density at radius 3 is 2.33 bits per heavy atom. The van der Waals surface area contributed by atoms with E-state index in [9.17, 15) is 0 Å². The first-order chi connectivity index (χ1) is 4.20. The molecule has 0 spiro atoms. The molecule has 0 N–H and O–H groups in total. The second-order valence-electron chi connectivity index (χ2n) is 3.53. The lowest BCUT2D eigenvalue weighted by Gasteiger charge is -2.39. The molecule has 1 aliphatic rings. The Balaban J connectivity index is 2.13. The summed E-state index contributed by atoms with van der Waals surface area (Å²) < 4.78 is 0. The molecule has 1 heterocycles. The van der Waals surface area contributed by atoms with Crippen LogP contribution in [0.15, 0.2) is 0 Å². The highest BCUT2D eigenvalue weighted by molar-refractivity contribution is 4.78. The molecule has 0 unspecified atom stereocenters. The second-order valence-corrected chi connectivity index (χ2v) is 3.53. The summed E-state index contributed by atoms with van der Waals surface area (Å²) in [6.07, 6.45) is 1.41. The number of likely N-dealkylation sites (tertiary alicyclic amines) is 1. The van der Waals surface area contributed by atoms with Crippen LogP contribution in [0.2, 0.25) is 0 Å². The van der Waals surface area contributed by atoms with E-state index < -0.39 is 0 Å². The second kappa shape index (κ2) is 2.70. The molecule has 0 aromatic heterocycles. The summed E-state index contributed by atoms with van der Waals surface area (Å²) in [4.78, 5) is 2.55. The van der Waals surface area contributed by atoms with Crippen LogP contribution in [-0.2, 0) is 0 Å². The van der Waals surface area contributed by atoms with Gasteiger partial charge in [0.15, 0.2) is 0 Å². The first kappa shape index (κ1) is 7.07. The van der Waals surface area contributed by atoms with Gasteiger partial charge in [0, 0.05) is 12.6 Å². The van der Waals surface area contributed by atoms with Crippen LogP contribution in [0.3, 0.4) is 0 Å². The van der Waals surface area contributed by atoms with Gasteiger partial charge in [-0.2, -0.15) is 0 Å². The van der Waals surface area contributed by atoms with Gasteiger partial charge in [-0.15, -0.1) is 0 Å². The average molecular weight is 127 g/mol. The van der Waals surface area contributed by atoms with Crippen LogP contribution in [0.1, 0.15) is 27.2 Å². The van der Waals surface area contributed by atoms with Crippen molar-refractivity contribution >= 4 is 0 Å². The molecular weight excluding hydrogens is 110 g/mol. The lowest BCUT2D eigenvalue weighted by Crippen LogP contribution is -2.47. The highest BCUT2D eigenvalue weighted by Gasteiger charge is 2.22. The third-order valence-corrected chi connectivity index (χ3v) is 2.06. The Morgan fingerprint density at radius 1 is 1.56 bits per heavy atom. The summed E-state index contributed by atoms with van der Waals surface area (Å²) in [6, 6.07) is 0.868. The van der Waals surface area contributed by atoms with Crippen LogP contribution >= 0.6 is 0 Å². The van der Waals surface area contributed by atoms with Crippen LogP contribution in [0.4, 0.5) is 0 Å². The molecule has 0 amide bonds. The van der Waals surface area contributed by atoms with Crippen LogP contribution in [0.25, 0.3) is 0 Å². The van der Waals surface area contributed by atoms with E-state index >= 15 is 0 Å². The van der Waals surface area contributed by atoms with E-state index in [2.05, 4.69) is 25.7 Å². The Labute approximate surface area is 58.0 Å². The van der Waals surface area contributed by atoms with Crippen molar-refractivity contribution in [1.29, 1.82) is 0 Å². The van der Waals surface area contributed by atoms with Crippen molar-refractivity contribution in [3.05, 3.63) is 0 Å². The topological polar surface area (TPSA) is 3.24 Å². The monoisotopic (exact) mass is 127 g/mol. The SMILES string of the molecule is CC(C)CN1CC[C@@H]1C. The highest BCUT2D eigenvalue weighted by atomic mass is 15.2. The van der Waals surface area contributed by atoms with E-state index in [4.69, 9.17) is 0 Å². The molecule has 0 aromatic rings. The maximum atomic E-state index is 2.55. The van der Waals surface area contributed by atoms with Gasteiger partial charge in [-0.3, -0.25) is 0 Å². The zero-order chi connectivity index (χ0) is 6.85. The quantitative estimate of drug-likeness (QED) is 0.546. The predicted octanol–water partition coefficient (Wildman–Crippen LogP) is 1.74. The fraction of sp³-hybridized carbons (Fsp3) is 1.00. The summed E-state index contributed by atoms with van der Waals surface area (Å²) in [5, 5.41) is 0.